The van der Waals surface area contributed by atoms with Crippen LogP contribution >= 0.6 is 0 Å². The molecule has 1 atom stereocenters. The molecule has 0 amide bonds. The van der Waals surface area contributed by atoms with Crippen LogP contribution in [0.3, 0.4) is 0 Å². The largest absolute Gasteiger partial charge is 0.497 e. The van der Waals surface area contributed by atoms with E-state index in [1.807, 2.05) is 24.3 Å². The second kappa shape index (κ2) is 7.24. The first-order valence-electron chi connectivity index (χ1n) is 5.39. The van der Waals surface area contributed by atoms with E-state index in [0.717, 1.165) is 11.3 Å². The average Bonchev–Trinajstić information content (AvgIpc) is 2.39. The Labute approximate surface area is 102 Å². The molecular formula is C12H20N2O3. The molecule has 0 saturated carbocycles. The topological polar surface area (TPSA) is 65.7 Å². The summed E-state index contributed by atoms with van der Waals surface area (Å²) in [4.78, 5) is 0. The van der Waals surface area contributed by atoms with Crippen LogP contribution in [0.2, 0.25) is 0 Å². The summed E-state index contributed by atoms with van der Waals surface area (Å²) >= 11 is 0. The molecule has 0 aliphatic heterocycles. The summed E-state index contributed by atoms with van der Waals surface area (Å²) in [5.41, 5.74) is 3.80. The van der Waals surface area contributed by atoms with Gasteiger partial charge in [0.25, 0.3) is 0 Å². The molecule has 1 aromatic carbocycles. The molecule has 3 N–H and O–H groups in total. The summed E-state index contributed by atoms with van der Waals surface area (Å²) in [5.74, 6) is 6.33. The number of benzene rings is 1. The van der Waals surface area contributed by atoms with Crippen LogP contribution in [0.1, 0.15) is 5.56 Å². The maximum absolute atomic E-state index is 5.50. The van der Waals surface area contributed by atoms with Gasteiger partial charge in [-0.15, -0.1) is 0 Å². The lowest BCUT2D eigenvalue weighted by molar-refractivity contribution is -0.122. The van der Waals surface area contributed by atoms with Crippen molar-refractivity contribution in [3.8, 4) is 5.75 Å². The van der Waals surface area contributed by atoms with Crippen LogP contribution in [-0.2, 0) is 15.9 Å². The van der Waals surface area contributed by atoms with Gasteiger partial charge in [0.15, 0.2) is 6.29 Å². The molecule has 1 rings (SSSR count). The van der Waals surface area contributed by atoms with Gasteiger partial charge in [0, 0.05) is 14.2 Å². The number of nitrogens with two attached hydrogens (primary N) is 1. The number of hydrogen-bond acceptors (Lipinski definition) is 5. The highest BCUT2D eigenvalue weighted by atomic mass is 16.7. The second-order valence-corrected chi connectivity index (χ2v) is 3.67. The zero-order valence-electron chi connectivity index (χ0n) is 10.5. The fourth-order valence-corrected chi connectivity index (χ4v) is 1.71. The van der Waals surface area contributed by atoms with Crippen LogP contribution in [0, 0.1) is 0 Å². The first kappa shape index (κ1) is 13.9. The Morgan fingerprint density at radius 1 is 1.24 bits per heavy atom. The highest BCUT2D eigenvalue weighted by Gasteiger charge is 2.19. The van der Waals surface area contributed by atoms with Gasteiger partial charge in [0.1, 0.15) is 5.75 Å². The normalized spacial score (nSPS) is 12.8. The standard InChI is InChI=1S/C12H20N2O3/c1-15-10-6-4-5-9(7-10)8-11(14-13)12(16-2)17-3/h4-7,11-12,14H,8,13H2,1-3H3. The molecule has 5 nitrogen and oxygen atoms in total. The smallest absolute Gasteiger partial charge is 0.173 e. The maximum atomic E-state index is 5.50. The third-order valence-electron chi connectivity index (χ3n) is 2.60. The van der Waals surface area contributed by atoms with Crippen LogP contribution < -0.4 is 16.0 Å². The van der Waals surface area contributed by atoms with Gasteiger partial charge in [-0.2, -0.15) is 0 Å². The zero-order valence-corrected chi connectivity index (χ0v) is 10.5. The summed E-state index contributed by atoms with van der Waals surface area (Å²) in [6.07, 6.45) is 0.311. The third-order valence-corrected chi connectivity index (χ3v) is 2.60. The van der Waals surface area contributed by atoms with E-state index < -0.39 is 0 Å². The van der Waals surface area contributed by atoms with Crippen LogP contribution in [0.4, 0.5) is 0 Å². The van der Waals surface area contributed by atoms with E-state index in [9.17, 15) is 0 Å². The van der Waals surface area contributed by atoms with Crippen molar-refractivity contribution in [1.29, 1.82) is 0 Å². The molecule has 1 unspecified atom stereocenters. The summed E-state index contributed by atoms with van der Waals surface area (Å²) in [6, 6.07) is 7.70. The van der Waals surface area contributed by atoms with Crippen molar-refractivity contribution in [3.05, 3.63) is 29.8 Å². The Morgan fingerprint density at radius 3 is 2.47 bits per heavy atom. The Hall–Kier alpha value is -1.14. The maximum Gasteiger partial charge on any atom is 0.173 e. The fraction of sp³-hybridized carbons (Fsp3) is 0.500. The van der Waals surface area contributed by atoms with Crippen LogP contribution in [0.5, 0.6) is 5.75 Å². The molecular weight excluding hydrogens is 220 g/mol. The molecule has 96 valence electrons. The van der Waals surface area contributed by atoms with Crippen molar-refractivity contribution in [2.24, 2.45) is 5.84 Å². The Kier molecular flexibility index (Phi) is 5.93. The lowest BCUT2D eigenvalue weighted by Crippen LogP contribution is -2.47. The van der Waals surface area contributed by atoms with Crippen molar-refractivity contribution in [1.82, 2.24) is 5.43 Å². The van der Waals surface area contributed by atoms with E-state index in [1.165, 1.54) is 0 Å². The molecule has 0 heterocycles. The van der Waals surface area contributed by atoms with Crippen molar-refractivity contribution >= 4 is 0 Å². The van der Waals surface area contributed by atoms with Gasteiger partial charge in [-0.3, -0.25) is 11.3 Å². The van der Waals surface area contributed by atoms with Crippen molar-refractivity contribution in [2.45, 2.75) is 18.8 Å². The molecule has 0 spiro atoms. The Balaban J connectivity index is 2.72. The average molecular weight is 240 g/mol. The molecule has 0 radical (unpaired) electrons. The molecule has 0 aliphatic carbocycles. The van der Waals surface area contributed by atoms with E-state index in [0.29, 0.717) is 6.42 Å². The number of nitrogens with one attached hydrogen (secondary N) is 1. The van der Waals surface area contributed by atoms with E-state index in [4.69, 9.17) is 20.1 Å². The number of methoxy groups -OCH3 is 3. The predicted molar refractivity (Wildman–Crippen MR) is 65.6 cm³/mol. The third kappa shape index (κ3) is 3.98. The van der Waals surface area contributed by atoms with Gasteiger partial charge in [0.2, 0.25) is 0 Å². The highest BCUT2D eigenvalue weighted by molar-refractivity contribution is 5.29. The van der Waals surface area contributed by atoms with Gasteiger partial charge < -0.3 is 14.2 Å². The van der Waals surface area contributed by atoms with Crippen molar-refractivity contribution in [2.75, 3.05) is 21.3 Å². The Bertz CT molecular complexity index is 329. The Morgan fingerprint density at radius 2 is 1.94 bits per heavy atom. The molecule has 5 heteroatoms. The van der Waals surface area contributed by atoms with E-state index in [-0.39, 0.29) is 12.3 Å². The van der Waals surface area contributed by atoms with Gasteiger partial charge in [-0.05, 0) is 24.1 Å². The van der Waals surface area contributed by atoms with E-state index in [2.05, 4.69) is 5.43 Å². The first-order chi connectivity index (χ1) is 8.24. The molecule has 1 aromatic rings. The summed E-state index contributed by atoms with van der Waals surface area (Å²) in [5, 5.41) is 0. The minimum Gasteiger partial charge on any atom is -0.497 e. The zero-order chi connectivity index (χ0) is 12.7. The molecule has 17 heavy (non-hydrogen) atoms. The first-order valence-corrected chi connectivity index (χ1v) is 5.39. The van der Waals surface area contributed by atoms with Crippen LogP contribution in [-0.4, -0.2) is 33.7 Å². The number of hydrogen-bond donors (Lipinski definition) is 2. The van der Waals surface area contributed by atoms with Gasteiger partial charge in [-0.1, -0.05) is 12.1 Å². The number of rotatable bonds is 7. The number of hydrazine groups is 1. The lowest BCUT2D eigenvalue weighted by Gasteiger charge is -2.24. The van der Waals surface area contributed by atoms with Gasteiger partial charge in [-0.25, -0.2) is 0 Å². The predicted octanol–water partition coefficient (Wildman–Crippen LogP) is 0.689. The minimum absolute atomic E-state index is 0.114. The lowest BCUT2D eigenvalue weighted by atomic mass is 10.1. The molecule has 0 aromatic heterocycles. The van der Waals surface area contributed by atoms with Crippen LogP contribution in [0.15, 0.2) is 24.3 Å². The molecule has 0 saturated heterocycles. The molecule has 0 aliphatic rings. The van der Waals surface area contributed by atoms with E-state index >= 15 is 0 Å². The quantitative estimate of drug-likeness (QED) is 0.417. The minimum atomic E-state index is -0.383. The highest BCUT2D eigenvalue weighted by Crippen LogP contribution is 2.15. The number of ether oxygens (including phenoxy) is 3. The summed E-state index contributed by atoms with van der Waals surface area (Å²) in [7, 11) is 4.82. The monoisotopic (exact) mass is 240 g/mol. The summed E-state index contributed by atoms with van der Waals surface area (Å²) in [6.45, 7) is 0. The van der Waals surface area contributed by atoms with Crippen molar-refractivity contribution in [3.63, 3.8) is 0 Å². The SMILES string of the molecule is COc1cccc(CC(NN)C(OC)OC)c1. The van der Waals surface area contributed by atoms with Gasteiger partial charge >= 0.3 is 0 Å². The fourth-order valence-electron chi connectivity index (χ4n) is 1.71. The van der Waals surface area contributed by atoms with E-state index in [1.54, 1.807) is 21.3 Å². The van der Waals surface area contributed by atoms with Crippen molar-refractivity contribution < 1.29 is 14.2 Å². The molecule has 0 fully saturated rings. The van der Waals surface area contributed by atoms with Crippen LogP contribution in [0.25, 0.3) is 0 Å². The summed E-state index contributed by atoms with van der Waals surface area (Å²) < 4.78 is 15.5. The van der Waals surface area contributed by atoms with Gasteiger partial charge in [0.05, 0.1) is 13.2 Å². The second-order valence-electron chi connectivity index (χ2n) is 3.67. The molecule has 0 bridgehead atoms.